The van der Waals surface area contributed by atoms with Gasteiger partial charge in [0.05, 0.1) is 6.42 Å². The lowest BCUT2D eigenvalue weighted by atomic mass is 10.3. The van der Waals surface area contributed by atoms with E-state index in [9.17, 15) is 9.18 Å². The van der Waals surface area contributed by atoms with Crippen molar-refractivity contribution in [1.82, 2.24) is 5.59 Å². The highest BCUT2D eigenvalue weighted by atomic mass is 32.2. The molecule has 5 nitrogen and oxygen atoms in total. The third kappa shape index (κ3) is 4.47. The summed E-state index contributed by atoms with van der Waals surface area (Å²) in [7, 11) is 0. The number of thioether (sulfide) groups is 1. The number of carbonyl (C=O) groups excluding carboxylic acids is 1. The Morgan fingerprint density at radius 2 is 2.25 bits per heavy atom. The predicted molar refractivity (Wildman–Crippen MR) is 59.6 cm³/mol. The molecule has 0 radical (unpaired) electrons. The van der Waals surface area contributed by atoms with Gasteiger partial charge in [0.15, 0.2) is 0 Å². The highest BCUT2D eigenvalue weighted by molar-refractivity contribution is 7.99. The number of nitrogens with two attached hydrogens (primary N) is 2. The number of nitrogen functional groups attached to an aromatic ring is 1. The number of hydrogen-bond acceptors (Lipinski definition) is 6. The van der Waals surface area contributed by atoms with Crippen LogP contribution < -0.4 is 17.2 Å². The molecule has 7 heteroatoms. The molecule has 1 aromatic carbocycles. The molecule has 0 aliphatic rings. The molecule has 0 spiro atoms. The van der Waals surface area contributed by atoms with E-state index < -0.39 is 11.8 Å². The zero-order valence-electron chi connectivity index (χ0n) is 8.40. The van der Waals surface area contributed by atoms with Gasteiger partial charge in [0.1, 0.15) is 5.82 Å². The lowest BCUT2D eigenvalue weighted by Gasteiger charge is -2.03. The van der Waals surface area contributed by atoms with Crippen molar-refractivity contribution in [3.63, 3.8) is 0 Å². The van der Waals surface area contributed by atoms with Gasteiger partial charge in [0.25, 0.3) is 0 Å². The number of hydrazine groups is 1. The highest BCUT2D eigenvalue weighted by Crippen LogP contribution is 2.22. The number of carbonyl (C=O) groups is 1. The predicted octanol–water partition coefficient (Wildman–Crippen LogP) is 0.812. The molecule has 0 saturated heterocycles. The Morgan fingerprint density at radius 1 is 1.50 bits per heavy atom. The molecule has 0 unspecified atom stereocenters. The average Bonchev–Trinajstić information content (AvgIpc) is 2.16. The molecular weight excluding hydrogens is 233 g/mol. The Bertz CT molecular complexity index is 356. The van der Waals surface area contributed by atoms with Gasteiger partial charge < -0.3 is 10.6 Å². The molecule has 0 aromatic heterocycles. The van der Waals surface area contributed by atoms with Crippen LogP contribution >= 0.6 is 11.8 Å². The molecule has 5 N–H and O–H groups in total. The minimum absolute atomic E-state index is 0.172. The van der Waals surface area contributed by atoms with E-state index >= 15 is 0 Å². The molecule has 0 aliphatic carbocycles. The monoisotopic (exact) mass is 245 g/mol. The van der Waals surface area contributed by atoms with Crippen LogP contribution in [0.3, 0.4) is 0 Å². The summed E-state index contributed by atoms with van der Waals surface area (Å²) in [6.45, 7) is 0. The van der Waals surface area contributed by atoms with Gasteiger partial charge in [-0.05, 0) is 18.2 Å². The average molecular weight is 245 g/mol. The van der Waals surface area contributed by atoms with E-state index in [-0.39, 0.29) is 6.42 Å². The second-order valence-corrected chi connectivity index (χ2v) is 4.08. The Labute approximate surface area is 96.2 Å². The number of anilines is 1. The molecule has 1 rings (SSSR count). The SMILES string of the molecule is NNOC(=O)CCSc1cc(N)cc(F)c1. The van der Waals surface area contributed by atoms with Gasteiger partial charge in [-0.25, -0.2) is 10.2 Å². The lowest BCUT2D eigenvalue weighted by molar-refractivity contribution is -0.150. The number of benzene rings is 1. The molecule has 0 fully saturated rings. The maximum absolute atomic E-state index is 12.9. The molecule has 0 atom stereocenters. The van der Waals surface area contributed by atoms with Gasteiger partial charge in [0.2, 0.25) is 0 Å². The Kier molecular flexibility index (Phi) is 5.03. The second kappa shape index (κ2) is 6.31. The fourth-order valence-electron chi connectivity index (χ4n) is 1.04. The quantitative estimate of drug-likeness (QED) is 0.308. The van der Waals surface area contributed by atoms with E-state index in [2.05, 4.69) is 4.84 Å². The third-order valence-corrected chi connectivity index (χ3v) is 2.62. The summed E-state index contributed by atoms with van der Waals surface area (Å²) >= 11 is 1.31. The van der Waals surface area contributed by atoms with Crippen molar-refractivity contribution in [3.05, 3.63) is 24.0 Å². The van der Waals surface area contributed by atoms with Crippen LogP contribution in [0.4, 0.5) is 10.1 Å². The Hall–Kier alpha value is -1.31. The van der Waals surface area contributed by atoms with Crippen molar-refractivity contribution >= 4 is 23.4 Å². The van der Waals surface area contributed by atoms with Crippen molar-refractivity contribution in [3.8, 4) is 0 Å². The summed E-state index contributed by atoms with van der Waals surface area (Å²) in [5, 5.41) is 0. The first kappa shape index (κ1) is 12.8. The van der Waals surface area contributed by atoms with Crippen molar-refractivity contribution in [1.29, 1.82) is 0 Å². The molecular formula is C9H12FN3O2S. The van der Waals surface area contributed by atoms with Crippen LogP contribution in [-0.4, -0.2) is 11.7 Å². The summed E-state index contributed by atoms with van der Waals surface area (Å²) < 4.78 is 12.9. The zero-order chi connectivity index (χ0) is 12.0. The standard InChI is InChI=1S/C9H12FN3O2S/c10-6-3-7(11)5-8(4-6)16-2-1-9(14)15-13-12/h3-5,13H,1-2,11-12H2. The van der Waals surface area contributed by atoms with Crippen molar-refractivity contribution in [2.45, 2.75) is 11.3 Å². The van der Waals surface area contributed by atoms with E-state index in [1.54, 1.807) is 11.7 Å². The van der Waals surface area contributed by atoms with E-state index in [0.717, 1.165) is 0 Å². The molecule has 0 aliphatic heterocycles. The second-order valence-electron chi connectivity index (χ2n) is 2.91. The fraction of sp³-hybridized carbons (Fsp3) is 0.222. The van der Waals surface area contributed by atoms with Crippen molar-refractivity contribution in [2.24, 2.45) is 5.84 Å². The van der Waals surface area contributed by atoms with Gasteiger partial charge in [-0.2, -0.15) is 0 Å². The summed E-state index contributed by atoms with van der Waals surface area (Å²) in [5.74, 6) is 4.38. The summed E-state index contributed by atoms with van der Waals surface area (Å²) in [6.07, 6.45) is 0.172. The van der Waals surface area contributed by atoms with Gasteiger partial charge in [-0.3, -0.25) is 4.79 Å². The van der Waals surface area contributed by atoms with E-state index in [1.165, 1.54) is 23.9 Å². The smallest absolute Gasteiger partial charge is 0.327 e. The van der Waals surface area contributed by atoms with Gasteiger partial charge in [-0.15, -0.1) is 11.8 Å². The zero-order valence-corrected chi connectivity index (χ0v) is 9.22. The summed E-state index contributed by atoms with van der Waals surface area (Å²) in [5.41, 5.74) is 7.62. The van der Waals surface area contributed by atoms with Crippen LogP contribution in [-0.2, 0) is 9.63 Å². The van der Waals surface area contributed by atoms with Gasteiger partial charge in [-0.1, -0.05) is 5.59 Å². The number of hydrogen-bond donors (Lipinski definition) is 3. The number of nitrogens with one attached hydrogen (secondary N) is 1. The molecule has 0 saturated carbocycles. The normalized spacial score (nSPS) is 10.1. The molecule has 88 valence electrons. The van der Waals surface area contributed by atoms with E-state index in [0.29, 0.717) is 16.3 Å². The Morgan fingerprint density at radius 3 is 2.88 bits per heavy atom. The summed E-state index contributed by atoms with van der Waals surface area (Å²) in [4.78, 5) is 15.9. The molecule has 0 bridgehead atoms. The number of halogens is 1. The van der Waals surface area contributed by atoms with Crippen LogP contribution in [0.15, 0.2) is 23.1 Å². The van der Waals surface area contributed by atoms with E-state index in [4.69, 9.17) is 11.6 Å². The molecule has 1 aromatic rings. The fourth-order valence-corrected chi connectivity index (χ4v) is 1.96. The highest BCUT2D eigenvalue weighted by Gasteiger charge is 2.04. The van der Waals surface area contributed by atoms with Gasteiger partial charge >= 0.3 is 5.97 Å². The first-order chi connectivity index (χ1) is 7.61. The number of rotatable bonds is 5. The van der Waals surface area contributed by atoms with Crippen LogP contribution in [0.5, 0.6) is 0 Å². The topological polar surface area (TPSA) is 90.4 Å². The largest absolute Gasteiger partial charge is 0.399 e. The lowest BCUT2D eigenvalue weighted by Crippen LogP contribution is -2.26. The first-order valence-corrected chi connectivity index (χ1v) is 5.44. The third-order valence-electron chi connectivity index (χ3n) is 1.64. The van der Waals surface area contributed by atoms with Crippen molar-refractivity contribution in [2.75, 3.05) is 11.5 Å². The van der Waals surface area contributed by atoms with Crippen molar-refractivity contribution < 1.29 is 14.0 Å². The van der Waals surface area contributed by atoms with Gasteiger partial charge in [0, 0.05) is 16.3 Å². The minimum Gasteiger partial charge on any atom is -0.399 e. The van der Waals surface area contributed by atoms with E-state index in [1.807, 2.05) is 0 Å². The minimum atomic E-state index is -0.473. The molecule has 0 heterocycles. The summed E-state index contributed by atoms with van der Waals surface area (Å²) in [6, 6.07) is 4.23. The molecule has 0 amide bonds. The van der Waals surface area contributed by atoms with Crippen LogP contribution in [0.2, 0.25) is 0 Å². The first-order valence-electron chi connectivity index (χ1n) is 4.46. The van der Waals surface area contributed by atoms with Crippen LogP contribution in [0.25, 0.3) is 0 Å². The van der Waals surface area contributed by atoms with Crippen LogP contribution in [0, 0.1) is 5.82 Å². The molecule has 16 heavy (non-hydrogen) atoms. The van der Waals surface area contributed by atoms with Crippen LogP contribution in [0.1, 0.15) is 6.42 Å². The Balaban J connectivity index is 2.40. The maximum atomic E-state index is 12.9. The maximum Gasteiger partial charge on any atom is 0.327 e.